The number of esters is 1. The van der Waals surface area contributed by atoms with E-state index in [2.05, 4.69) is 43.3 Å². The summed E-state index contributed by atoms with van der Waals surface area (Å²) in [5.41, 5.74) is 6.62. The number of carbonyl (C=O) groups excluding carboxylic acids is 1. The summed E-state index contributed by atoms with van der Waals surface area (Å²) in [6.45, 7) is 4.28. The van der Waals surface area contributed by atoms with Crippen molar-refractivity contribution in [3.63, 3.8) is 0 Å². The zero-order chi connectivity index (χ0) is 27.2. The normalized spacial score (nSPS) is 17.8. The Morgan fingerprint density at radius 2 is 1.46 bits per heavy atom. The molecule has 1 aliphatic rings. The molecule has 0 radical (unpaired) electrons. The van der Waals surface area contributed by atoms with E-state index in [-0.39, 0.29) is 6.61 Å². The summed E-state index contributed by atoms with van der Waals surface area (Å²) in [7, 11) is 0. The van der Waals surface area contributed by atoms with Crippen LogP contribution in [0.15, 0.2) is 97.1 Å². The van der Waals surface area contributed by atoms with Crippen molar-refractivity contribution in [2.24, 2.45) is 5.92 Å². The van der Waals surface area contributed by atoms with Gasteiger partial charge in [0.1, 0.15) is 12.4 Å². The maximum absolute atomic E-state index is 12.3. The molecule has 4 heteroatoms. The Morgan fingerprint density at radius 3 is 2.13 bits per heavy atom. The van der Waals surface area contributed by atoms with Crippen molar-refractivity contribution < 1.29 is 14.3 Å². The van der Waals surface area contributed by atoms with Crippen molar-refractivity contribution in [3.8, 4) is 28.0 Å². The molecule has 0 unspecified atom stereocenters. The molecule has 4 aromatic rings. The Kier molecular flexibility index (Phi) is 8.68. The number of halogens is 1. The average Bonchev–Trinajstić information content (AvgIpc) is 2.97. The number of rotatable bonds is 8. The zero-order valence-corrected chi connectivity index (χ0v) is 23.4. The van der Waals surface area contributed by atoms with E-state index in [1.165, 1.54) is 36.8 Å². The number of carbonyl (C=O) groups is 1. The van der Waals surface area contributed by atoms with Gasteiger partial charge in [0.2, 0.25) is 0 Å². The van der Waals surface area contributed by atoms with Crippen molar-refractivity contribution in [1.82, 2.24) is 0 Å². The van der Waals surface area contributed by atoms with Crippen LogP contribution in [0.3, 0.4) is 0 Å². The van der Waals surface area contributed by atoms with Gasteiger partial charge in [0.15, 0.2) is 6.10 Å². The molecule has 0 amide bonds. The number of ether oxygens (including phenoxy) is 2. The summed E-state index contributed by atoms with van der Waals surface area (Å²) in [6, 6.07) is 32.4. The molecule has 39 heavy (non-hydrogen) atoms. The molecular formula is C35H35ClO3. The van der Waals surface area contributed by atoms with Crippen LogP contribution < -0.4 is 4.74 Å². The lowest BCUT2D eigenvalue weighted by atomic mass is 9.79. The van der Waals surface area contributed by atoms with Gasteiger partial charge in [-0.1, -0.05) is 110 Å². The second-order valence-corrected chi connectivity index (χ2v) is 11.1. The first-order valence-electron chi connectivity index (χ1n) is 13.8. The lowest BCUT2D eigenvalue weighted by molar-refractivity contribution is -0.152. The fourth-order valence-corrected chi connectivity index (χ4v) is 5.57. The van der Waals surface area contributed by atoms with Crippen LogP contribution in [0.5, 0.6) is 5.75 Å². The second kappa shape index (κ2) is 12.5. The summed E-state index contributed by atoms with van der Waals surface area (Å²) < 4.78 is 11.2. The highest BCUT2D eigenvalue weighted by Crippen LogP contribution is 2.37. The van der Waals surface area contributed by atoms with Crippen molar-refractivity contribution in [2.45, 2.75) is 58.2 Å². The van der Waals surface area contributed by atoms with E-state index in [1.54, 1.807) is 6.92 Å². The number of hydrogen-bond donors (Lipinski definition) is 0. The first-order chi connectivity index (χ1) is 19.0. The molecule has 1 atom stereocenters. The van der Waals surface area contributed by atoms with Crippen LogP contribution in [0.1, 0.15) is 56.6 Å². The Hall–Kier alpha value is -3.56. The van der Waals surface area contributed by atoms with Gasteiger partial charge in [0.25, 0.3) is 0 Å². The number of benzene rings is 4. The summed E-state index contributed by atoms with van der Waals surface area (Å²) in [6.07, 6.45) is 4.54. The molecule has 0 saturated heterocycles. The lowest BCUT2D eigenvalue weighted by Gasteiger charge is -2.26. The Balaban J connectivity index is 1.19. The Morgan fingerprint density at radius 1 is 0.821 bits per heavy atom. The third kappa shape index (κ3) is 6.91. The van der Waals surface area contributed by atoms with Gasteiger partial charge in [-0.2, -0.15) is 0 Å². The third-order valence-electron chi connectivity index (χ3n) is 7.73. The molecule has 5 rings (SSSR count). The standard InChI is InChI=1S/C35H35ClO3/c1-24-8-10-27(11-9-24)28-12-14-29(15-13-28)31-18-21-33(34(36)22-31)30-16-19-32(20-17-30)39-25(2)35(37)38-23-26-6-4-3-5-7-26/h3-7,12-22,24-25,27H,8-11,23H2,1-2H3/t24?,25-,27?/m0/s1. The molecule has 1 aliphatic carbocycles. The summed E-state index contributed by atoms with van der Waals surface area (Å²) in [4.78, 5) is 12.3. The van der Waals surface area contributed by atoms with E-state index in [0.717, 1.165) is 28.2 Å². The predicted molar refractivity (Wildman–Crippen MR) is 159 cm³/mol. The molecular weight excluding hydrogens is 504 g/mol. The minimum Gasteiger partial charge on any atom is -0.479 e. The van der Waals surface area contributed by atoms with Crippen LogP contribution in [-0.4, -0.2) is 12.1 Å². The summed E-state index contributed by atoms with van der Waals surface area (Å²) in [5, 5.41) is 0.698. The molecule has 0 spiro atoms. The zero-order valence-electron chi connectivity index (χ0n) is 22.6. The van der Waals surface area contributed by atoms with E-state index in [9.17, 15) is 4.79 Å². The lowest BCUT2D eigenvalue weighted by Crippen LogP contribution is -2.26. The SMILES string of the molecule is CC1CCC(c2ccc(-c3ccc(-c4ccc(O[C@@H](C)C(=O)OCc5ccccc5)cc4)c(Cl)c3)cc2)CC1. The largest absolute Gasteiger partial charge is 0.479 e. The summed E-state index contributed by atoms with van der Waals surface area (Å²) >= 11 is 6.74. The Bertz CT molecular complexity index is 1370. The maximum Gasteiger partial charge on any atom is 0.347 e. The van der Waals surface area contributed by atoms with Crippen molar-refractivity contribution in [2.75, 3.05) is 0 Å². The van der Waals surface area contributed by atoms with E-state index in [0.29, 0.717) is 16.7 Å². The predicted octanol–water partition coefficient (Wildman–Crippen LogP) is 9.48. The highest BCUT2D eigenvalue weighted by atomic mass is 35.5. The highest BCUT2D eigenvalue weighted by molar-refractivity contribution is 6.33. The van der Waals surface area contributed by atoms with Crippen LogP contribution >= 0.6 is 11.6 Å². The van der Waals surface area contributed by atoms with E-state index >= 15 is 0 Å². The van der Waals surface area contributed by atoms with E-state index in [4.69, 9.17) is 21.1 Å². The maximum atomic E-state index is 12.3. The number of hydrogen-bond acceptors (Lipinski definition) is 3. The molecule has 0 N–H and O–H groups in total. The third-order valence-corrected chi connectivity index (χ3v) is 8.05. The molecule has 1 fully saturated rings. The topological polar surface area (TPSA) is 35.5 Å². The minimum atomic E-state index is -0.713. The molecule has 1 saturated carbocycles. The quantitative estimate of drug-likeness (QED) is 0.209. The summed E-state index contributed by atoms with van der Waals surface area (Å²) in [5.74, 6) is 1.75. The Labute approximate surface area is 236 Å². The minimum absolute atomic E-state index is 0.227. The first-order valence-corrected chi connectivity index (χ1v) is 14.2. The molecule has 0 aliphatic heterocycles. The molecule has 4 aromatic carbocycles. The monoisotopic (exact) mass is 538 g/mol. The molecule has 3 nitrogen and oxygen atoms in total. The average molecular weight is 539 g/mol. The van der Waals surface area contributed by atoms with E-state index in [1.807, 2.05) is 60.7 Å². The van der Waals surface area contributed by atoms with Gasteiger partial charge in [-0.3, -0.25) is 0 Å². The first kappa shape index (κ1) is 27.0. The van der Waals surface area contributed by atoms with Crippen LogP contribution in [0.4, 0.5) is 0 Å². The van der Waals surface area contributed by atoms with Crippen molar-refractivity contribution in [1.29, 1.82) is 0 Å². The van der Waals surface area contributed by atoms with Crippen LogP contribution in [0, 0.1) is 5.92 Å². The molecule has 0 aromatic heterocycles. The van der Waals surface area contributed by atoms with Crippen LogP contribution in [-0.2, 0) is 16.1 Å². The van der Waals surface area contributed by atoms with Gasteiger partial charge in [0.05, 0.1) is 0 Å². The fraction of sp³-hybridized carbons (Fsp3) is 0.286. The molecule has 0 heterocycles. The van der Waals surface area contributed by atoms with Gasteiger partial charge in [-0.25, -0.2) is 4.79 Å². The molecule has 0 bridgehead atoms. The van der Waals surface area contributed by atoms with E-state index < -0.39 is 12.1 Å². The smallest absolute Gasteiger partial charge is 0.347 e. The van der Waals surface area contributed by atoms with Crippen LogP contribution in [0.2, 0.25) is 5.02 Å². The van der Waals surface area contributed by atoms with Crippen LogP contribution in [0.25, 0.3) is 22.3 Å². The van der Waals surface area contributed by atoms with Gasteiger partial charge >= 0.3 is 5.97 Å². The van der Waals surface area contributed by atoms with Crippen molar-refractivity contribution in [3.05, 3.63) is 113 Å². The fourth-order valence-electron chi connectivity index (χ4n) is 5.28. The highest BCUT2D eigenvalue weighted by Gasteiger charge is 2.20. The van der Waals surface area contributed by atoms with Gasteiger partial charge in [0, 0.05) is 10.6 Å². The molecule has 200 valence electrons. The van der Waals surface area contributed by atoms with Gasteiger partial charge in [-0.05, 0) is 77.6 Å². The van der Waals surface area contributed by atoms with Crippen molar-refractivity contribution >= 4 is 17.6 Å². The van der Waals surface area contributed by atoms with Gasteiger partial charge < -0.3 is 9.47 Å². The van der Waals surface area contributed by atoms with Gasteiger partial charge in [-0.15, -0.1) is 0 Å². The second-order valence-electron chi connectivity index (χ2n) is 10.7.